The third kappa shape index (κ3) is 2.85. The third-order valence-electron chi connectivity index (χ3n) is 3.55. The van der Waals surface area contributed by atoms with Gasteiger partial charge in [0.1, 0.15) is 12.2 Å². The van der Waals surface area contributed by atoms with Gasteiger partial charge in [-0.05, 0) is 42.9 Å². The summed E-state index contributed by atoms with van der Waals surface area (Å²) in [6.07, 6.45) is 2.89. The van der Waals surface area contributed by atoms with Crippen molar-refractivity contribution in [3.8, 4) is 0 Å². The van der Waals surface area contributed by atoms with Gasteiger partial charge in [0.25, 0.3) is 0 Å². The number of nitrogens with one attached hydrogen (secondary N) is 1. The topological polar surface area (TPSA) is 42.7 Å². The molecule has 2 aromatic rings. The van der Waals surface area contributed by atoms with Gasteiger partial charge in [-0.1, -0.05) is 11.6 Å². The lowest BCUT2D eigenvalue weighted by molar-refractivity contribution is 0.489. The Bertz CT molecular complexity index is 599. The first-order valence-electron chi connectivity index (χ1n) is 6.80. The van der Waals surface area contributed by atoms with E-state index in [1.54, 1.807) is 6.33 Å². The molecular weight excluding hydrogens is 292 g/mol. The van der Waals surface area contributed by atoms with E-state index in [2.05, 4.69) is 39.1 Å². The number of hydrogen-bond donors (Lipinski definition) is 1. The number of rotatable bonds is 4. The Balaban J connectivity index is 1.75. The number of nitrogens with zero attached hydrogens (tertiary/aromatic N) is 3. The van der Waals surface area contributed by atoms with Gasteiger partial charge >= 0.3 is 0 Å². The highest BCUT2D eigenvalue weighted by Gasteiger charge is 2.21. The van der Waals surface area contributed by atoms with E-state index in [1.807, 2.05) is 17.8 Å². The molecule has 1 aromatic heterocycles. The number of fused-ring (bicyclic) bond motifs is 1. The van der Waals surface area contributed by atoms with Crippen LogP contribution in [0, 0.1) is 0 Å². The fourth-order valence-corrected chi connectivity index (χ4v) is 3.76. The van der Waals surface area contributed by atoms with Crippen LogP contribution >= 0.6 is 23.4 Å². The van der Waals surface area contributed by atoms with Crippen molar-refractivity contribution in [1.82, 2.24) is 20.1 Å². The standard InChI is InChI=1S/C14H17ClN4S/c1-2-19-9-17-18-14(19)8-16-12-5-6-20-13-4-3-10(15)7-11(12)13/h3-4,7,9,12,16H,2,5-6,8H2,1H3. The second-order valence-corrected chi connectivity index (χ2v) is 6.36. The molecule has 1 N–H and O–H groups in total. The molecule has 0 saturated carbocycles. The van der Waals surface area contributed by atoms with Crippen molar-refractivity contribution < 1.29 is 0 Å². The van der Waals surface area contributed by atoms with E-state index in [0.717, 1.165) is 36.1 Å². The van der Waals surface area contributed by atoms with Crippen LogP contribution in [0.2, 0.25) is 5.02 Å². The molecular formula is C14H17ClN4S. The van der Waals surface area contributed by atoms with Crippen LogP contribution in [-0.2, 0) is 13.1 Å². The predicted molar refractivity (Wildman–Crippen MR) is 82.1 cm³/mol. The second kappa shape index (κ2) is 6.16. The fraction of sp³-hybridized carbons (Fsp3) is 0.429. The van der Waals surface area contributed by atoms with E-state index < -0.39 is 0 Å². The molecule has 1 aliphatic rings. The van der Waals surface area contributed by atoms with E-state index in [-0.39, 0.29) is 0 Å². The summed E-state index contributed by atoms with van der Waals surface area (Å²) in [5.41, 5.74) is 1.30. The normalized spacial score (nSPS) is 18.0. The number of aromatic nitrogens is 3. The van der Waals surface area contributed by atoms with Crippen molar-refractivity contribution in [2.75, 3.05) is 5.75 Å². The lowest BCUT2D eigenvalue weighted by Gasteiger charge is -2.26. The van der Waals surface area contributed by atoms with E-state index >= 15 is 0 Å². The molecule has 0 saturated heterocycles. The highest BCUT2D eigenvalue weighted by molar-refractivity contribution is 7.99. The van der Waals surface area contributed by atoms with Gasteiger partial charge in [-0.2, -0.15) is 0 Å². The van der Waals surface area contributed by atoms with Crippen LogP contribution in [0.3, 0.4) is 0 Å². The molecule has 106 valence electrons. The first-order valence-corrected chi connectivity index (χ1v) is 8.16. The van der Waals surface area contributed by atoms with Crippen LogP contribution in [0.15, 0.2) is 29.4 Å². The average Bonchev–Trinajstić information content (AvgIpc) is 2.92. The first-order chi connectivity index (χ1) is 9.78. The lowest BCUT2D eigenvalue weighted by Crippen LogP contribution is -2.25. The molecule has 1 aliphatic heterocycles. The van der Waals surface area contributed by atoms with Crippen LogP contribution < -0.4 is 5.32 Å². The maximum Gasteiger partial charge on any atom is 0.146 e. The molecule has 0 radical (unpaired) electrons. The molecule has 20 heavy (non-hydrogen) atoms. The number of benzene rings is 1. The number of hydrogen-bond acceptors (Lipinski definition) is 4. The summed E-state index contributed by atoms with van der Waals surface area (Å²) in [6.45, 7) is 3.72. The Morgan fingerprint density at radius 1 is 1.50 bits per heavy atom. The summed E-state index contributed by atoms with van der Waals surface area (Å²) in [4.78, 5) is 1.33. The SMILES string of the molecule is CCn1cnnc1CNC1CCSc2ccc(Cl)cc21. The minimum absolute atomic E-state index is 0.340. The molecule has 0 bridgehead atoms. The van der Waals surface area contributed by atoms with Gasteiger partial charge in [0, 0.05) is 22.5 Å². The van der Waals surface area contributed by atoms with E-state index in [4.69, 9.17) is 11.6 Å². The Hall–Kier alpha value is -1.04. The van der Waals surface area contributed by atoms with Gasteiger partial charge in [-0.15, -0.1) is 22.0 Å². The quantitative estimate of drug-likeness (QED) is 0.941. The van der Waals surface area contributed by atoms with Gasteiger partial charge in [0.2, 0.25) is 0 Å². The number of halogens is 1. The van der Waals surface area contributed by atoms with Gasteiger partial charge < -0.3 is 9.88 Å². The van der Waals surface area contributed by atoms with Crippen molar-refractivity contribution in [3.05, 3.63) is 40.9 Å². The molecule has 0 aliphatic carbocycles. The molecule has 0 fully saturated rings. The summed E-state index contributed by atoms with van der Waals surface area (Å²) >= 11 is 8.03. The Morgan fingerprint density at radius 2 is 2.40 bits per heavy atom. The maximum absolute atomic E-state index is 6.13. The van der Waals surface area contributed by atoms with Crippen LogP contribution in [0.25, 0.3) is 0 Å². The van der Waals surface area contributed by atoms with Crippen LogP contribution in [0.5, 0.6) is 0 Å². The van der Waals surface area contributed by atoms with Crippen molar-refractivity contribution in [2.45, 2.75) is 37.4 Å². The number of aryl methyl sites for hydroxylation is 1. The summed E-state index contributed by atoms with van der Waals surface area (Å²) < 4.78 is 2.06. The molecule has 1 atom stereocenters. The van der Waals surface area contributed by atoms with Gasteiger partial charge in [0.05, 0.1) is 6.54 Å². The van der Waals surface area contributed by atoms with Crippen LogP contribution in [0.1, 0.15) is 30.8 Å². The Morgan fingerprint density at radius 3 is 3.25 bits per heavy atom. The third-order valence-corrected chi connectivity index (χ3v) is 4.91. The maximum atomic E-state index is 6.13. The van der Waals surface area contributed by atoms with E-state index in [1.165, 1.54) is 10.5 Å². The zero-order chi connectivity index (χ0) is 13.9. The Kier molecular flexibility index (Phi) is 4.29. The first kappa shape index (κ1) is 13.9. The molecule has 0 spiro atoms. The molecule has 2 heterocycles. The Labute approximate surface area is 127 Å². The zero-order valence-electron chi connectivity index (χ0n) is 11.3. The molecule has 3 rings (SSSR count). The van der Waals surface area contributed by atoms with Gasteiger partial charge in [-0.25, -0.2) is 0 Å². The molecule has 0 amide bonds. The fourth-order valence-electron chi connectivity index (χ4n) is 2.47. The minimum Gasteiger partial charge on any atom is -0.317 e. The summed E-state index contributed by atoms with van der Waals surface area (Å²) in [5, 5.41) is 12.5. The van der Waals surface area contributed by atoms with Crippen molar-refractivity contribution in [1.29, 1.82) is 0 Å². The summed E-state index contributed by atoms with van der Waals surface area (Å²) in [6, 6.07) is 6.49. The second-order valence-electron chi connectivity index (χ2n) is 4.79. The van der Waals surface area contributed by atoms with Gasteiger partial charge in [-0.3, -0.25) is 0 Å². The summed E-state index contributed by atoms with van der Waals surface area (Å²) in [7, 11) is 0. The van der Waals surface area contributed by atoms with Crippen molar-refractivity contribution in [3.63, 3.8) is 0 Å². The van der Waals surface area contributed by atoms with Crippen molar-refractivity contribution >= 4 is 23.4 Å². The zero-order valence-corrected chi connectivity index (χ0v) is 12.9. The van der Waals surface area contributed by atoms with E-state index in [0.29, 0.717) is 6.04 Å². The highest BCUT2D eigenvalue weighted by atomic mass is 35.5. The molecule has 1 aromatic carbocycles. The van der Waals surface area contributed by atoms with Crippen LogP contribution in [-0.4, -0.2) is 20.5 Å². The van der Waals surface area contributed by atoms with Crippen LogP contribution in [0.4, 0.5) is 0 Å². The molecule has 6 heteroatoms. The monoisotopic (exact) mass is 308 g/mol. The van der Waals surface area contributed by atoms with E-state index in [9.17, 15) is 0 Å². The minimum atomic E-state index is 0.340. The predicted octanol–water partition coefficient (Wildman–Crippen LogP) is 3.28. The largest absolute Gasteiger partial charge is 0.317 e. The average molecular weight is 309 g/mol. The van der Waals surface area contributed by atoms with Crippen molar-refractivity contribution in [2.24, 2.45) is 0 Å². The molecule has 1 unspecified atom stereocenters. The molecule has 4 nitrogen and oxygen atoms in total. The van der Waals surface area contributed by atoms with Gasteiger partial charge in [0.15, 0.2) is 0 Å². The highest BCUT2D eigenvalue weighted by Crippen LogP contribution is 2.37. The number of thioether (sulfide) groups is 1. The lowest BCUT2D eigenvalue weighted by atomic mass is 10.0. The smallest absolute Gasteiger partial charge is 0.146 e. The summed E-state index contributed by atoms with van der Waals surface area (Å²) in [5.74, 6) is 2.11.